The van der Waals surface area contributed by atoms with Crippen LogP contribution in [0.15, 0.2) is 18.3 Å². The lowest BCUT2D eigenvalue weighted by molar-refractivity contribution is 0.0908. The fraction of sp³-hybridized carbons (Fsp3) is 0.500. The number of carbonyl (C=O) groups excluding carboxylic acids is 1. The van der Waals surface area contributed by atoms with Crippen molar-refractivity contribution < 1.29 is 19.0 Å². The van der Waals surface area contributed by atoms with E-state index in [9.17, 15) is 4.79 Å². The van der Waals surface area contributed by atoms with Crippen LogP contribution in [0.4, 0.5) is 5.82 Å². The highest BCUT2D eigenvalue weighted by Crippen LogP contribution is 2.32. The number of hydrogen-bond acceptors (Lipinski definition) is 7. The molecule has 2 atom stereocenters. The minimum absolute atomic E-state index is 0.0991. The maximum absolute atomic E-state index is 12.6. The lowest BCUT2D eigenvalue weighted by Crippen LogP contribution is -2.17. The van der Waals surface area contributed by atoms with Gasteiger partial charge in [-0.2, -0.15) is 15.3 Å². The second-order valence-corrected chi connectivity index (χ2v) is 7.85. The molecule has 0 radical (unpaired) electrons. The molecular weight excluding hydrogens is 402 g/mol. The van der Waals surface area contributed by atoms with E-state index in [4.69, 9.17) is 14.2 Å². The number of carbonyl (C=O) groups is 1. The molecule has 1 aliphatic heterocycles. The van der Waals surface area contributed by atoms with Gasteiger partial charge in [-0.25, -0.2) is 5.10 Å². The molecule has 0 bridgehead atoms. The Balaban J connectivity index is 1.36. The molecule has 166 valence electrons. The Labute approximate surface area is 179 Å². The average Bonchev–Trinajstić information content (AvgIpc) is 3.49. The van der Waals surface area contributed by atoms with Crippen LogP contribution in [-0.2, 0) is 23.1 Å². The summed E-state index contributed by atoms with van der Waals surface area (Å²) in [5.74, 6) is 1.11. The van der Waals surface area contributed by atoms with Crippen molar-refractivity contribution in [3.63, 3.8) is 0 Å². The molecule has 0 unspecified atom stereocenters. The highest BCUT2D eigenvalue weighted by Gasteiger charge is 2.31. The summed E-state index contributed by atoms with van der Waals surface area (Å²) in [4.78, 5) is 12.6. The molecule has 3 aromatic rings. The van der Waals surface area contributed by atoms with Gasteiger partial charge < -0.3 is 19.5 Å². The van der Waals surface area contributed by atoms with Crippen LogP contribution in [0.2, 0.25) is 0 Å². The largest absolute Gasteiger partial charge is 0.472 e. The fourth-order valence-corrected chi connectivity index (χ4v) is 3.56. The van der Waals surface area contributed by atoms with E-state index in [-0.39, 0.29) is 18.1 Å². The van der Waals surface area contributed by atoms with Gasteiger partial charge in [0.2, 0.25) is 5.88 Å². The first-order valence-corrected chi connectivity index (χ1v) is 10.1. The zero-order valence-corrected chi connectivity index (χ0v) is 18.0. The maximum atomic E-state index is 12.6. The summed E-state index contributed by atoms with van der Waals surface area (Å²) in [5.41, 5.74) is 2.92. The quantitative estimate of drug-likeness (QED) is 0.500. The van der Waals surface area contributed by atoms with E-state index in [2.05, 4.69) is 44.7 Å². The zero-order chi connectivity index (χ0) is 22.0. The summed E-state index contributed by atoms with van der Waals surface area (Å²) in [7, 11) is 3.29. The van der Waals surface area contributed by atoms with E-state index in [1.165, 1.54) is 4.68 Å². The summed E-state index contributed by atoms with van der Waals surface area (Å²) in [6.07, 6.45) is 2.16. The lowest BCUT2D eigenvalue weighted by Gasteiger charge is -2.13. The maximum Gasteiger partial charge on any atom is 0.275 e. The van der Waals surface area contributed by atoms with Crippen molar-refractivity contribution in [2.45, 2.75) is 45.0 Å². The predicted molar refractivity (Wildman–Crippen MR) is 111 cm³/mol. The Morgan fingerprint density at radius 1 is 1.39 bits per heavy atom. The molecule has 1 amide bonds. The van der Waals surface area contributed by atoms with Crippen LogP contribution in [0, 0.1) is 0 Å². The molecule has 11 nitrogen and oxygen atoms in total. The van der Waals surface area contributed by atoms with Gasteiger partial charge in [0.25, 0.3) is 5.91 Å². The number of H-pyrrole nitrogens is 2. The highest BCUT2D eigenvalue weighted by molar-refractivity contribution is 6.02. The van der Waals surface area contributed by atoms with Gasteiger partial charge in [0.05, 0.1) is 30.8 Å². The van der Waals surface area contributed by atoms with Gasteiger partial charge in [-0.05, 0) is 12.0 Å². The number of aromatic amines is 2. The minimum Gasteiger partial charge on any atom is -0.472 e. The molecule has 3 aromatic heterocycles. The van der Waals surface area contributed by atoms with Crippen LogP contribution in [0.3, 0.4) is 0 Å². The van der Waals surface area contributed by atoms with E-state index in [0.29, 0.717) is 48.6 Å². The lowest BCUT2D eigenvalue weighted by atomic mass is 10.1. The second kappa shape index (κ2) is 8.90. The van der Waals surface area contributed by atoms with Crippen LogP contribution in [0.25, 0.3) is 0 Å². The van der Waals surface area contributed by atoms with Crippen molar-refractivity contribution >= 4 is 11.7 Å². The molecule has 0 spiro atoms. The van der Waals surface area contributed by atoms with Crippen LogP contribution < -0.4 is 10.1 Å². The molecule has 1 saturated heterocycles. The van der Waals surface area contributed by atoms with Crippen LogP contribution >= 0.6 is 0 Å². The molecule has 1 fully saturated rings. The van der Waals surface area contributed by atoms with Crippen LogP contribution in [0.5, 0.6) is 5.88 Å². The number of methoxy groups -OCH3 is 1. The average molecular weight is 429 g/mol. The molecule has 31 heavy (non-hydrogen) atoms. The first-order valence-electron chi connectivity index (χ1n) is 10.1. The second-order valence-electron chi connectivity index (χ2n) is 7.85. The predicted octanol–water partition coefficient (Wildman–Crippen LogP) is 2.30. The summed E-state index contributed by atoms with van der Waals surface area (Å²) in [6.45, 7) is 4.98. The molecule has 11 heteroatoms. The van der Waals surface area contributed by atoms with Gasteiger partial charge in [0, 0.05) is 32.2 Å². The zero-order valence-electron chi connectivity index (χ0n) is 18.0. The van der Waals surface area contributed by atoms with Crippen LogP contribution in [-0.4, -0.2) is 55.9 Å². The molecular formula is C20H27N7O4. The molecule has 4 heterocycles. The summed E-state index contributed by atoms with van der Waals surface area (Å²) < 4.78 is 18.5. The van der Waals surface area contributed by atoms with Crippen molar-refractivity contribution in [2.75, 3.05) is 19.0 Å². The summed E-state index contributed by atoms with van der Waals surface area (Å²) in [6, 6.07) is 3.46. The Kier molecular flexibility index (Phi) is 6.05. The third-order valence-electron chi connectivity index (χ3n) is 5.14. The molecule has 0 aliphatic carbocycles. The third kappa shape index (κ3) is 4.62. The number of amides is 1. The Hall–Kier alpha value is -3.18. The first-order chi connectivity index (χ1) is 14.9. The Bertz CT molecular complexity index is 1040. The number of anilines is 1. The van der Waals surface area contributed by atoms with Gasteiger partial charge in [-0.1, -0.05) is 13.8 Å². The fourth-order valence-electron chi connectivity index (χ4n) is 3.56. The van der Waals surface area contributed by atoms with Gasteiger partial charge >= 0.3 is 0 Å². The molecule has 3 N–H and O–H groups in total. The Morgan fingerprint density at radius 3 is 3.00 bits per heavy atom. The van der Waals surface area contributed by atoms with Gasteiger partial charge in [0.15, 0.2) is 5.82 Å². The summed E-state index contributed by atoms with van der Waals surface area (Å²) >= 11 is 0. The topological polar surface area (TPSA) is 132 Å². The van der Waals surface area contributed by atoms with Crippen molar-refractivity contribution in [3.8, 4) is 5.88 Å². The summed E-state index contributed by atoms with van der Waals surface area (Å²) in [5, 5.41) is 21.2. The number of aryl methyl sites for hydroxylation is 1. The van der Waals surface area contributed by atoms with E-state index in [1.54, 1.807) is 32.5 Å². The van der Waals surface area contributed by atoms with E-state index in [1.807, 2.05) is 0 Å². The number of ether oxygens (including phenoxy) is 3. The van der Waals surface area contributed by atoms with E-state index < -0.39 is 0 Å². The monoisotopic (exact) mass is 429 g/mol. The first kappa shape index (κ1) is 21.1. The van der Waals surface area contributed by atoms with Crippen molar-refractivity contribution in [2.24, 2.45) is 7.05 Å². The number of rotatable bonds is 8. The number of nitrogens with one attached hydrogen (secondary N) is 3. The molecule has 0 aromatic carbocycles. The SMILES string of the molecule is COCc1cc(C(=O)Nc2cc([C@H]3C[C@@H](Oc4[nH]ncc4C(C)C)CO3)[nH]n2)n(C)n1. The Morgan fingerprint density at radius 2 is 2.23 bits per heavy atom. The van der Waals surface area contributed by atoms with Gasteiger partial charge in [-0.15, -0.1) is 0 Å². The van der Waals surface area contributed by atoms with Crippen molar-refractivity contribution in [1.29, 1.82) is 0 Å². The third-order valence-corrected chi connectivity index (χ3v) is 5.14. The number of hydrogen-bond donors (Lipinski definition) is 3. The highest BCUT2D eigenvalue weighted by atomic mass is 16.6. The van der Waals surface area contributed by atoms with E-state index in [0.717, 1.165) is 11.3 Å². The van der Waals surface area contributed by atoms with E-state index >= 15 is 0 Å². The molecule has 4 rings (SSSR count). The van der Waals surface area contributed by atoms with Gasteiger partial charge in [-0.3, -0.25) is 14.6 Å². The van der Waals surface area contributed by atoms with Crippen molar-refractivity contribution in [1.82, 2.24) is 30.2 Å². The molecule has 0 saturated carbocycles. The minimum atomic E-state index is -0.301. The smallest absolute Gasteiger partial charge is 0.275 e. The molecule has 1 aliphatic rings. The van der Waals surface area contributed by atoms with Gasteiger partial charge in [0.1, 0.15) is 17.9 Å². The standard InChI is InChI=1S/C20H27N7O4/c1-11(2)14-8-21-25-20(14)31-13-6-17(30-10-13)15-7-18(24-23-15)22-19(28)16-5-12(9-29-4)26-27(16)3/h5,7-8,11,13,17H,6,9-10H2,1-4H3,(H,21,25)(H2,22,23,24,28)/t13-,17-/m1/s1. The number of nitrogens with zero attached hydrogens (tertiary/aromatic N) is 4. The van der Waals surface area contributed by atoms with Crippen LogP contribution in [0.1, 0.15) is 59.7 Å². The number of aromatic nitrogens is 6. The normalized spacial score (nSPS) is 18.6. The van der Waals surface area contributed by atoms with Crippen molar-refractivity contribution in [3.05, 3.63) is 41.0 Å².